The molecule has 7 heteroatoms. The van der Waals surface area contributed by atoms with E-state index in [1.807, 2.05) is 0 Å². The molecule has 0 bridgehead atoms. The first-order chi connectivity index (χ1) is 8.05. The van der Waals surface area contributed by atoms with Crippen LogP contribution in [0.1, 0.15) is 5.56 Å². The minimum Gasteiger partial charge on any atom is -0.508 e. The van der Waals surface area contributed by atoms with Gasteiger partial charge in [-0.15, -0.1) is 0 Å². The summed E-state index contributed by atoms with van der Waals surface area (Å²) in [6.07, 6.45) is 0. The van der Waals surface area contributed by atoms with E-state index >= 15 is 0 Å². The standard InChI is InChI=1S/C10H16N2O4S/c1-16-7-6-11-17(14,15)12-8-9-4-2-3-5-10(9)13/h2-5,11-13H,6-8H2,1H3. The van der Waals surface area contributed by atoms with Crippen molar-refractivity contribution in [2.75, 3.05) is 20.3 Å². The maximum absolute atomic E-state index is 11.4. The average molecular weight is 260 g/mol. The smallest absolute Gasteiger partial charge is 0.277 e. The molecule has 0 heterocycles. The SMILES string of the molecule is COCCNS(=O)(=O)NCc1ccccc1O. The number of methoxy groups -OCH3 is 1. The predicted octanol–water partition coefficient (Wildman–Crippen LogP) is -0.0374. The molecular weight excluding hydrogens is 244 g/mol. The summed E-state index contributed by atoms with van der Waals surface area (Å²) in [5, 5.41) is 9.45. The molecule has 0 amide bonds. The molecule has 0 atom stereocenters. The molecule has 0 aliphatic rings. The second-order valence-corrected chi connectivity index (χ2v) is 4.92. The van der Waals surface area contributed by atoms with Crippen molar-refractivity contribution in [3.05, 3.63) is 29.8 Å². The fraction of sp³-hybridized carbons (Fsp3) is 0.400. The van der Waals surface area contributed by atoms with Gasteiger partial charge in [-0.25, -0.2) is 0 Å². The second-order valence-electron chi connectivity index (χ2n) is 3.34. The Morgan fingerprint density at radius 2 is 2.00 bits per heavy atom. The highest BCUT2D eigenvalue weighted by atomic mass is 32.2. The molecule has 0 fully saturated rings. The molecule has 0 saturated carbocycles. The molecule has 96 valence electrons. The summed E-state index contributed by atoms with van der Waals surface area (Å²) >= 11 is 0. The fourth-order valence-electron chi connectivity index (χ4n) is 1.16. The average Bonchev–Trinajstić information content (AvgIpc) is 2.28. The number of hydrogen-bond acceptors (Lipinski definition) is 4. The molecule has 0 unspecified atom stereocenters. The summed E-state index contributed by atoms with van der Waals surface area (Å²) < 4.78 is 32.2. The topological polar surface area (TPSA) is 87.7 Å². The van der Waals surface area contributed by atoms with Crippen LogP contribution in [0.5, 0.6) is 5.75 Å². The van der Waals surface area contributed by atoms with Crippen molar-refractivity contribution >= 4 is 10.2 Å². The Morgan fingerprint density at radius 1 is 1.29 bits per heavy atom. The number of aromatic hydroxyl groups is 1. The number of phenolic OH excluding ortho intramolecular Hbond substituents is 1. The lowest BCUT2D eigenvalue weighted by Crippen LogP contribution is -2.37. The van der Waals surface area contributed by atoms with Gasteiger partial charge in [0, 0.05) is 25.8 Å². The van der Waals surface area contributed by atoms with Gasteiger partial charge in [-0.2, -0.15) is 17.9 Å². The van der Waals surface area contributed by atoms with Gasteiger partial charge in [0.1, 0.15) is 5.75 Å². The Balaban J connectivity index is 2.47. The van der Waals surface area contributed by atoms with Crippen molar-refractivity contribution in [1.29, 1.82) is 0 Å². The van der Waals surface area contributed by atoms with E-state index < -0.39 is 10.2 Å². The van der Waals surface area contributed by atoms with Crippen molar-refractivity contribution in [2.45, 2.75) is 6.54 Å². The molecule has 0 aromatic heterocycles. The Bertz CT molecular complexity index is 447. The third kappa shape index (κ3) is 5.14. The van der Waals surface area contributed by atoms with E-state index in [0.717, 1.165) is 0 Å². The first kappa shape index (κ1) is 13.9. The summed E-state index contributed by atoms with van der Waals surface area (Å²) in [4.78, 5) is 0. The van der Waals surface area contributed by atoms with Crippen LogP contribution in [0.3, 0.4) is 0 Å². The highest BCUT2D eigenvalue weighted by molar-refractivity contribution is 7.87. The zero-order chi connectivity index (χ0) is 12.7. The highest BCUT2D eigenvalue weighted by Crippen LogP contribution is 2.14. The Kier molecular flexibility index (Phi) is 5.36. The minimum absolute atomic E-state index is 0.0367. The lowest BCUT2D eigenvalue weighted by Gasteiger charge is -2.08. The first-order valence-corrected chi connectivity index (χ1v) is 6.53. The van der Waals surface area contributed by atoms with E-state index in [9.17, 15) is 13.5 Å². The summed E-state index contributed by atoms with van der Waals surface area (Å²) in [5.41, 5.74) is 0.518. The molecule has 0 spiro atoms. The molecule has 0 radical (unpaired) electrons. The quantitative estimate of drug-likeness (QED) is 0.600. The Labute approximate surface area is 101 Å². The number of hydrogen-bond donors (Lipinski definition) is 3. The van der Waals surface area contributed by atoms with Gasteiger partial charge in [0.15, 0.2) is 0 Å². The fourth-order valence-corrected chi connectivity index (χ4v) is 1.96. The maximum atomic E-state index is 11.4. The van der Waals surface area contributed by atoms with E-state index in [2.05, 4.69) is 9.44 Å². The maximum Gasteiger partial charge on any atom is 0.277 e. The third-order valence-corrected chi connectivity index (χ3v) is 3.15. The van der Waals surface area contributed by atoms with Gasteiger partial charge in [0.2, 0.25) is 0 Å². The van der Waals surface area contributed by atoms with Crippen LogP contribution in [-0.2, 0) is 21.5 Å². The van der Waals surface area contributed by atoms with Crippen LogP contribution in [0, 0.1) is 0 Å². The highest BCUT2D eigenvalue weighted by Gasteiger charge is 2.09. The van der Waals surface area contributed by atoms with E-state index in [0.29, 0.717) is 12.2 Å². The number of phenols is 1. The molecular formula is C10H16N2O4S. The van der Waals surface area contributed by atoms with Crippen LogP contribution < -0.4 is 9.44 Å². The van der Waals surface area contributed by atoms with Gasteiger partial charge < -0.3 is 9.84 Å². The molecule has 1 aromatic rings. The second kappa shape index (κ2) is 6.55. The number of ether oxygens (including phenoxy) is 1. The molecule has 1 rings (SSSR count). The lowest BCUT2D eigenvalue weighted by atomic mass is 10.2. The molecule has 0 aliphatic carbocycles. The number of nitrogens with one attached hydrogen (secondary N) is 2. The zero-order valence-electron chi connectivity index (χ0n) is 9.51. The van der Waals surface area contributed by atoms with E-state index in [1.54, 1.807) is 18.2 Å². The normalized spacial score (nSPS) is 11.6. The van der Waals surface area contributed by atoms with Crippen LogP contribution >= 0.6 is 0 Å². The van der Waals surface area contributed by atoms with Crippen LogP contribution in [0.25, 0.3) is 0 Å². The number of para-hydroxylation sites is 1. The molecule has 0 aliphatic heterocycles. The van der Waals surface area contributed by atoms with Crippen molar-refractivity contribution in [3.63, 3.8) is 0 Å². The van der Waals surface area contributed by atoms with Gasteiger partial charge in [0.05, 0.1) is 6.61 Å². The van der Waals surface area contributed by atoms with E-state index in [4.69, 9.17) is 4.74 Å². The number of benzene rings is 1. The summed E-state index contributed by atoms with van der Waals surface area (Å²) in [5.74, 6) is 0.0621. The summed E-state index contributed by atoms with van der Waals surface area (Å²) in [7, 11) is -2.07. The van der Waals surface area contributed by atoms with Crippen LogP contribution in [0.2, 0.25) is 0 Å². The van der Waals surface area contributed by atoms with Crippen LogP contribution in [0.15, 0.2) is 24.3 Å². The zero-order valence-corrected chi connectivity index (χ0v) is 10.3. The third-order valence-electron chi connectivity index (χ3n) is 2.04. The van der Waals surface area contributed by atoms with Crippen molar-refractivity contribution in [3.8, 4) is 5.75 Å². The van der Waals surface area contributed by atoms with Gasteiger partial charge >= 0.3 is 0 Å². The van der Waals surface area contributed by atoms with E-state index in [1.165, 1.54) is 13.2 Å². The molecule has 1 aromatic carbocycles. The number of rotatable bonds is 7. The van der Waals surface area contributed by atoms with Gasteiger partial charge in [-0.1, -0.05) is 18.2 Å². The lowest BCUT2D eigenvalue weighted by molar-refractivity contribution is 0.204. The Morgan fingerprint density at radius 3 is 2.65 bits per heavy atom. The van der Waals surface area contributed by atoms with Crippen molar-refractivity contribution in [1.82, 2.24) is 9.44 Å². The first-order valence-electron chi connectivity index (χ1n) is 5.05. The predicted molar refractivity (Wildman–Crippen MR) is 63.7 cm³/mol. The largest absolute Gasteiger partial charge is 0.508 e. The monoisotopic (exact) mass is 260 g/mol. The van der Waals surface area contributed by atoms with Crippen molar-refractivity contribution in [2.24, 2.45) is 0 Å². The van der Waals surface area contributed by atoms with Crippen LogP contribution in [0.4, 0.5) is 0 Å². The van der Waals surface area contributed by atoms with Gasteiger partial charge in [0.25, 0.3) is 10.2 Å². The van der Waals surface area contributed by atoms with Gasteiger partial charge in [-0.05, 0) is 6.07 Å². The summed E-state index contributed by atoms with van der Waals surface area (Å²) in [6.45, 7) is 0.541. The van der Waals surface area contributed by atoms with E-state index in [-0.39, 0.29) is 18.8 Å². The molecule has 3 N–H and O–H groups in total. The molecule has 17 heavy (non-hydrogen) atoms. The molecule has 0 saturated heterocycles. The van der Waals surface area contributed by atoms with Crippen LogP contribution in [-0.4, -0.2) is 33.8 Å². The Hall–Kier alpha value is -1.15. The van der Waals surface area contributed by atoms with Gasteiger partial charge in [-0.3, -0.25) is 0 Å². The summed E-state index contributed by atoms with van der Waals surface area (Å²) in [6, 6.07) is 6.54. The van der Waals surface area contributed by atoms with Crippen molar-refractivity contribution < 1.29 is 18.3 Å². The minimum atomic E-state index is -3.56. The molecule has 6 nitrogen and oxygen atoms in total.